The summed E-state index contributed by atoms with van der Waals surface area (Å²) in [7, 11) is 0. The second-order valence-corrected chi connectivity index (χ2v) is 6.00. The molecule has 1 aromatic carbocycles. The van der Waals surface area contributed by atoms with Gasteiger partial charge in [-0.15, -0.1) is 0 Å². The predicted octanol–water partition coefficient (Wildman–Crippen LogP) is 2.92. The Morgan fingerprint density at radius 1 is 1.05 bits per heavy atom. The number of hydrogen-bond donors (Lipinski definition) is 1. The SMILES string of the molecule is Cc1cc(C)cc(OCC(O)CN2CCCCCC2)c1. The number of aliphatic hydroxyl groups excluding tert-OH is 1. The van der Waals surface area contributed by atoms with E-state index in [9.17, 15) is 5.11 Å². The van der Waals surface area contributed by atoms with Crippen molar-refractivity contribution in [3.63, 3.8) is 0 Å². The molecule has 0 radical (unpaired) electrons. The van der Waals surface area contributed by atoms with E-state index in [1.807, 2.05) is 12.1 Å². The zero-order valence-corrected chi connectivity index (χ0v) is 12.8. The molecule has 1 heterocycles. The molecular formula is C17H27NO2. The van der Waals surface area contributed by atoms with Gasteiger partial charge in [-0.25, -0.2) is 0 Å². The average molecular weight is 277 g/mol. The molecule has 0 spiro atoms. The molecule has 0 amide bonds. The van der Waals surface area contributed by atoms with Crippen LogP contribution in [0.4, 0.5) is 0 Å². The number of aryl methyl sites for hydroxylation is 2. The minimum atomic E-state index is -0.408. The van der Waals surface area contributed by atoms with Crippen LogP contribution in [0.3, 0.4) is 0 Å². The zero-order chi connectivity index (χ0) is 14.4. The lowest BCUT2D eigenvalue weighted by Crippen LogP contribution is -2.36. The highest BCUT2D eigenvalue weighted by Crippen LogP contribution is 2.16. The van der Waals surface area contributed by atoms with Crippen LogP contribution >= 0.6 is 0 Å². The summed E-state index contributed by atoms with van der Waals surface area (Å²) in [6.45, 7) is 7.45. The van der Waals surface area contributed by atoms with Crippen LogP contribution in [-0.2, 0) is 0 Å². The van der Waals surface area contributed by atoms with Gasteiger partial charge in [-0.1, -0.05) is 18.9 Å². The summed E-state index contributed by atoms with van der Waals surface area (Å²) in [5.41, 5.74) is 2.39. The molecule has 2 rings (SSSR count). The molecule has 3 nitrogen and oxygen atoms in total. The number of hydrogen-bond acceptors (Lipinski definition) is 3. The van der Waals surface area contributed by atoms with Crippen LogP contribution in [0.5, 0.6) is 5.75 Å². The van der Waals surface area contributed by atoms with Gasteiger partial charge in [0.1, 0.15) is 18.5 Å². The van der Waals surface area contributed by atoms with Gasteiger partial charge >= 0.3 is 0 Å². The summed E-state index contributed by atoms with van der Waals surface area (Å²) >= 11 is 0. The summed E-state index contributed by atoms with van der Waals surface area (Å²) in [5.74, 6) is 0.859. The van der Waals surface area contributed by atoms with E-state index in [4.69, 9.17) is 4.74 Å². The standard InChI is InChI=1S/C17H27NO2/c1-14-9-15(2)11-17(10-14)20-13-16(19)12-18-7-5-3-4-6-8-18/h9-11,16,19H,3-8,12-13H2,1-2H3. The molecule has 0 aliphatic carbocycles. The van der Waals surface area contributed by atoms with Gasteiger partial charge in [-0.3, -0.25) is 0 Å². The molecule has 112 valence electrons. The monoisotopic (exact) mass is 277 g/mol. The van der Waals surface area contributed by atoms with Gasteiger partial charge in [0.2, 0.25) is 0 Å². The molecule has 1 unspecified atom stereocenters. The van der Waals surface area contributed by atoms with Gasteiger partial charge in [0.25, 0.3) is 0 Å². The topological polar surface area (TPSA) is 32.7 Å². The largest absolute Gasteiger partial charge is 0.491 e. The Balaban J connectivity index is 1.77. The van der Waals surface area contributed by atoms with Crippen molar-refractivity contribution in [1.29, 1.82) is 0 Å². The third-order valence-electron chi connectivity index (χ3n) is 3.81. The molecule has 1 fully saturated rings. The van der Waals surface area contributed by atoms with Crippen molar-refractivity contribution in [2.24, 2.45) is 0 Å². The number of rotatable bonds is 5. The van der Waals surface area contributed by atoms with Crippen LogP contribution in [0, 0.1) is 13.8 Å². The van der Waals surface area contributed by atoms with E-state index in [1.54, 1.807) is 0 Å². The van der Waals surface area contributed by atoms with E-state index in [2.05, 4.69) is 24.8 Å². The van der Waals surface area contributed by atoms with Crippen molar-refractivity contribution in [3.05, 3.63) is 29.3 Å². The van der Waals surface area contributed by atoms with E-state index < -0.39 is 6.10 Å². The average Bonchev–Trinajstić information content (AvgIpc) is 2.64. The van der Waals surface area contributed by atoms with Crippen LogP contribution in [-0.4, -0.2) is 42.4 Å². The molecule has 3 heteroatoms. The summed E-state index contributed by atoms with van der Waals surface area (Å²) in [6, 6.07) is 6.16. The Labute approximate surface area is 122 Å². The van der Waals surface area contributed by atoms with E-state index in [0.29, 0.717) is 6.61 Å². The highest BCUT2D eigenvalue weighted by Gasteiger charge is 2.14. The van der Waals surface area contributed by atoms with Crippen molar-refractivity contribution in [3.8, 4) is 5.75 Å². The van der Waals surface area contributed by atoms with Crippen molar-refractivity contribution >= 4 is 0 Å². The maximum Gasteiger partial charge on any atom is 0.119 e. The van der Waals surface area contributed by atoms with Gasteiger partial charge < -0.3 is 14.7 Å². The van der Waals surface area contributed by atoms with Gasteiger partial charge in [0, 0.05) is 6.54 Å². The van der Waals surface area contributed by atoms with Crippen molar-refractivity contribution in [2.45, 2.75) is 45.6 Å². The molecule has 0 aromatic heterocycles. The smallest absolute Gasteiger partial charge is 0.119 e. The molecule has 1 atom stereocenters. The summed E-state index contributed by atoms with van der Waals surface area (Å²) in [4.78, 5) is 2.36. The number of β-amino-alcohol motifs (C(OH)–C–C–N with tert-alkyl or cyclic N) is 1. The molecule has 1 N–H and O–H groups in total. The minimum absolute atomic E-state index is 0.374. The lowest BCUT2D eigenvalue weighted by atomic mass is 10.1. The molecular weight excluding hydrogens is 250 g/mol. The van der Waals surface area contributed by atoms with Crippen molar-refractivity contribution < 1.29 is 9.84 Å². The number of ether oxygens (including phenoxy) is 1. The van der Waals surface area contributed by atoms with Crippen LogP contribution < -0.4 is 4.74 Å². The molecule has 0 saturated carbocycles. The summed E-state index contributed by atoms with van der Waals surface area (Å²) in [6.07, 6.45) is 4.75. The Morgan fingerprint density at radius 3 is 2.25 bits per heavy atom. The fourth-order valence-electron chi connectivity index (χ4n) is 2.88. The fraction of sp³-hybridized carbons (Fsp3) is 0.647. The van der Waals surface area contributed by atoms with Gasteiger partial charge in [-0.05, 0) is 63.0 Å². The number of benzene rings is 1. The van der Waals surface area contributed by atoms with Gasteiger partial charge in [0.15, 0.2) is 0 Å². The lowest BCUT2D eigenvalue weighted by molar-refractivity contribution is 0.0693. The molecule has 1 aliphatic heterocycles. The quantitative estimate of drug-likeness (QED) is 0.898. The maximum absolute atomic E-state index is 10.1. The third-order valence-corrected chi connectivity index (χ3v) is 3.81. The van der Waals surface area contributed by atoms with Crippen molar-refractivity contribution in [2.75, 3.05) is 26.2 Å². The van der Waals surface area contributed by atoms with Gasteiger partial charge in [-0.2, -0.15) is 0 Å². The van der Waals surface area contributed by atoms with Crippen LogP contribution in [0.2, 0.25) is 0 Å². The number of nitrogens with zero attached hydrogens (tertiary/aromatic N) is 1. The Hall–Kier alpha value is -1.06. The Bertz CT molecular complexity index is 391. The minimum Gasteiger partial charge on any atom is -0.491 e. The highest BCUT2D eigenvalue weighted by molar-refractivity contribution is 5.32. The second kappa shape index (κ2) is 7.65. The van der Waals surface area contributed by atoms with Crippen LogP contribution in [0.1, 0.15) is 36.8 Å². The Kier molecular flexibility index (Phi) is 5.86. The second-order valence-electron chi connectivity index (χ2n) is 6.00. The normalized spacial score (nSPS) is 18.6. The predicted molar refractivity (Wildman–Crippen MR) is 82.3 cm³/mol. The first-order valence-corrected chi connectivity index (χ1v) is 7.75. The van der Waals surface area contributed by atoms with Crippen LogP contribution in [0.15, 0.2) is 18.2 Å². The van der Waals surface area contributed by atoms with E-state index in [1.165, 1.54) is 36.8 Å². The number of likely N-dealkylation sites (tertiary alicyclic amines) is 1. The molecule has 1 saturated heterocycles. The van der Waals surface area contributed by atoms with Crippen molar-refractivity contribution in [1.82, 2.24) is 4.90 Å². The van der Waals surface area contributed by atoms with E-state index >= 15 is 0 Å². The van der Waals surface area contributed by atoms with Crippen LogP contribution in [0.25, 0.3) is 0 Å². The van der Waals surface area contributed by atoms with E-state index in [0.717, 1.165) is 25.4 Å². The van der Waals surface area contributed by atoms with Gasteiger partial charge in [0.05, 0.1) is 0 Å². The van der Waals surface area contributed by atoms with E-state index in [-0.39, 0.29) is 0 Å². The molecule has 0 bridgehead atoms. The Morgan fingerprint density at radius 2 is 1.65 bits per heavy atom. The first-order valence-electron chi connectivity index (χ1n) is 7.75. The maximum atomic E-state index is 10.1. The third kappa shape index (κ3) is 5.14. The fourth-order valence-corrected chi connectivity index (χ4v) is 2.88. The summed E-state index contributed by atoms with van der Waals surface area (Å²) in [5, 5.41) is 10.1. The molecule has 1 aromatic rings. The summed E-state index contributed by atoms with van der Waals surface area (Å²) < 4.78 is 5.73. The molecule has 1 aliphatic rings. The lowest BCUT2D eigenvalue weighted by Gasteiger charge is -2.23. The molecule has 20 heavy (non-hydrogen) atoms. The first-order chi connectivity index (χ1) is 9.63. The first kappa shape index (κ1) is 15.3. The number of aliphatic hydroxyl groups is 1. The highest BCUT2D eigenvalue weighted by atomic mass is 16.5. The zero-order valence-electron chi connectivity index (χ0n) is 12.8.